The van der Waals surface area contributed by atoms with Gasteiger partial charge in [0.15, 0.2) is 11.5 Å². The fourth-order valence-electron chi connectivity index (χ4n) is 1.95. The zero-order chi connectivity index (χ0) is 14.5. The summed E-state index contributed by atoms with van der Waals surface area (Å²) in [6.07, 6.45) is 0. The van der Waals surface area contributed by atoms with Crippen molar-refractivity contribution >= 4 is 5.95 Å². The maximum atomic E-state index is 5.32. The van der Waals surface area contributed by atoms with Crippen molar-refractivity contribution in [2.24, 2.45) is 0 Å². The van der Waals surface area contributed by atoms with Crippen molar-refractivity contribution in [2.75, 3.05) is 26.1 Å². The number of ether oxygens (including phenoxy) is 2. The average molecular weight is 273 g/mol. The van der Waals surface area contributed by atoms with E-state index in [1.807, 2.05) is 38.1 Å². The Morgan fingerprint density at radius 2 is 1.80 bits per heavy atom. The van der Waals surface area contributed by atoms with Gasteiger partial charge in [-0.05, 0) is 38.1 Å². The predicted octanol–water partition coefficient (Wildman–Crippen LogP) is 2.90. The third-order valence-corrected chi connectivity index (χ3v) is 2.87. The van der Waals surface area contributed by atoms with Gasteiger partial charge in [0.05, 0.1) is 19.9 Å². The number of aromatic nitrogens is 2. The molecule has 1 N–H and O–H groups in total. The van der Waals surface area contributed by atoms with E-state index >= 15 is 0 Å². The Morgan fingerprint density at radius 3 is 2.45 bits per heavy atom. The van der Waals surface area contributed by atoms with Crippen LogP contribution in [-0.4, -0.2) is 30.7 Å². The number of benzene rings is 1. The van der Waals surface area contributed by atoms with Gasteiger partial charge in [0.2, 0.25) is 5.95 Å². The van der Waals surface area contributed by atoms with Crippen molar-refractivity contribution in [1.29, 1.82) is 0 Å². The quantitative estimate of drug-likeness (QED) is 0.907. The number of methoxy groups -OCH3 is 2. The molecule has 0 aliphatic heterocycles. The highest BCUT2D eigenvalue weighted by molar-refractivity contribution is 5.65. The summed E-state index contributed by atoms with van der Waals surface area (Å²) >= 11 is 0. The van der Waals surface area contributed by atoms with Gasteiger partial charge >= 0.3 is 0 Å². The van der Waals surface area contributed by atoms with E-state index in [0.717, 1.165) is 23.5 Å². The van der Waals surface area contributed by atoms with Gasteiger partial charge in [-0.25, -0.2) is 9.97 Å². The van der Waals surface area contributed by atoms with Crippen LogP contribution in [0.3, 0.4) is 0 Å². The van der Waals surface area contributed by atoms with Gasteiger partial charge in [-0.15, -0.1) is 0 Å². The molecule has 0 aliphatic carbocycles. The van der Waals surface area contributed by atoms with E-state index in [1.165, 1.54) is 0 Å². The minimum atomic E-state index is 0.636. The first-order valence-electron chi connectivity index (χ1n) is 6.50. The Kier molecular flexibility index (Phi) is 4.40. The van der Waals surface area contributed by atoms with Crippen molar-refractivity contribution in [3.63, 3.8) is 0 Å². The number of nitrogens with one attached hydrogen (secondary N) is 1. The smallest absolute Gasteiger partial charge is 0.223 e. The fourth-order valence-corrected chi connectivity index (χ4v) is 1.95. The summed E-state index contributed by atoms with van der Waals surface area (Å²) in [5.41, 5.74) is 2.74. The highest BCUT2D eigenvalue weighted by atomic mass is 16.5. The molecule has 0 atom stereocenters. The summed E-state index contributed by atoms with van der Waals surface area (Å²) in [4.78, 5) is 8.85. The van der Waals surface area contributed by atoms with Gasteiger partial charge in [-0.2, -0.15) is 0 Å². The maximum Gasteiger partial charge on any atom is 0.223 e. The second-order valence-corrected chi connectivity index (χ2v) is 4.32. The lowest BCUT2D eigenvalue weighted by Crippen LogP contribution is -2.04. The van der Waals surface area contributed by atoms with Crippen LogP contribution in [0.25, 0.3) is 11.3 Å². The Bertz CT molecular complexity index is 600. The summed E-state index contributed by atoms with van der Waals surface area (Å²) < 4.78 is 10.6. The Labute approximate surface area is 119 Å². The van der Waals surface area contributed by atoms with Crippen LogP contribution in [0.1, 0.15) is 12.6 Å². The largest absolute Gasteiger partial charge is 0.493 e. The lowest BCUT2D eigenvalue weighted by molar-refractivity contribution is 0.355. The Hall–Kier alpha value is -2.30. The van der Waals surface area contributed by atoms with Gasteiger partial charge in [0, 0.05) is 17.8 Å². The van der Waals surface area contributed by atoms with E-state index in [-0.39, 0.29) is 0 Å². The minimum absolute atomic E-state index is 0.636. The van der Waals surface area contributed by atoms with Crippen molar-refractivity contribution in [1.82, 2.24) is 9.97 Å². The second-order valence-electron chi connectivity index (χ2n) is 4.32. The molecule has 106 valence electrons. The molecule has 20 heavy (non-hydrogen) atoms. The highest BCUT2D eigenvalue weighted by Gasteiger charge is 2.09. The van der Waals surface area contributed by atoms with E-state index in [9.17, 15) is 0 Å². The molecule has 5 nitrogen and oxygen atoms in total. The van der Waals surface area contributed by atoms with Crippen LogP contribution in [-0.2, 0) is 0 Å². The monoisotopic (exact) mass is 273 g/mol. The molecular weight excluding hydrogens is 254 g/mol. The van der Waals surface area contributed by atoms with Gasteiger partial charge < -0.3 is 14.8 Å². The van der Waals surface area contributed by atoms with Gasteiger partial charge in [0.1, 0.15) is 0 Å². The highest BCUT2D eigenvalue weighted by Crippen LogP contribution is 2.31. The molecule has 1 aromatic heterocycles. The first-order valence-corrected chi connectivity index (χ1v) is 6.50. The summed E-state index contributed by atoms with van der Waals surface area (Å²) in [7, 11) is 3.24. The van der Waals surface area contributed by atoms with E-state index in [1.54, 1.807) is 14.2 Å². The maximum absolute atomic E-state index is 5.32. The number of hydrogen-bond donors (Lipinski definition) is 1. The summed E-state index contributed by atoms with van der Waals surface area (Å²) in [5, 5.41) is 3.13. The van der Waals surface area contributed by atoms with E-state index in [2.05, 4.69) is 15.3 Å². The first-order chi connectivity index (χ1) is 9.67. The van der Waals surface area contributed by atoms with Crippen molar-refractivity contribution < 1.29 is 9.47 Å². The van der Waals surface area contributed by atoms with E-state index < -0.39 is 0 Å². The second kappa shape index (κ2) is 6.23. The molecule has 0 unspecified atom stereocenters. The number of hydrogen-bond acceptors (Lipinski definition) is 5. The van der Waals surface area contributed by atoms with Gasteiger partial charge in [-0.1, -0.05) is 0 Å². The van der Waals surface area contributed by atoms with Crippen LogP contribution < -0.4 is 14.8 Å². The molecule has 0 saturated heterocycles. The molecule has 0 spiro atoms. The number of anilines is 1. The Balaban J connectivity index is 2.45. The van der Waals surface area contributed by atoms with Crippen molar-refractivity contribution in [2.45, 2.75) is 13.8 Å². The van der Waals surface area contributed by atoms with Crippen molar-refractivity contribution in [3.05, 3.63) is 30.0 Å². The third-order valence-electron chi connectivity index (χ3n) is 2.87. The molecule has 5 heteroatoms. The number of aryl methyl sites for hydroxylation is 1. The molecule has 0 amide bonds. The SMILES string of the molecule is CCNc1nc(C)cc(-c2ccc(OC)c(OC)c2)n1. The molecule has 0 saturated carbocycles. The number of nitrogens with zero attached hydrogens (tertiary/aromatic N) is 2. The summed E-state index contributed by atoms with van der Waals surface area (Å²) in [6.45, 7) is 4.75. The zero-order valence-electron chi connectivity index (χ0n) is 12.2. The number of rotatable bonds is 5. The molecule has 0 bridgehead atoms. The van der Waals surface area contributed by atoms with Gasteiger partial charge in [0.25, 0.3) is 0 Å². The van der Waals surface area contributed by atoms with Crippen LogP contribution in [0.5, 0.6) is 11.5 Å². The zero-order valence-corrected chi connectivity index (χ0v) is 12.2. The average Bonchev–Trinajstić information content (AvgIpc) is 2.46. The fraction of sp³-hybridized carbons (Fsp3) is 0.333. The molecular formula is C15H19N3O2. The minimum Gasteiger partial charge on any atom is -0.493 e. The lowest BCUT2D eigenvalue weighted by atomic mass is 10.1. The van der Waals surface area contributed by atoms with Crippen LogP contribution in [0, 0.1) is 6.92 Å². The lowest BCUT2D eigenvalue weighted by Gasteiger charge is -2.10. The summed E-state index contributed by atoms with van der Waals surface area (Å²) in [5.74, 6) is 2.03. The van der Waals surface area contributed by atoms with Crippen LogP contribution >= 0.6 is 0 Å². The summed E-state index contributed by atoms with van der Waals surface area (Å²) in [6, 6.07) is 7.69. The van der Waals surface area contributed by atoms with E-state index in [4.69, 9.17) is 9.47 Å². The predicted molar refractivity (Wildman–Crippen MR) is 79.5 cm³/mol. The van der Waals surface area contributed by atoms with Gasteiger partial charge in [-0.3, -0.25) is 0 Å². The molecule has 1 heterocycles. The topological polar surface area (TPSA) is 56.3 Å². The van der Waals surface area contributed by atoms with Crippen LogP contribution in [0.15, 0.2) is 24.3 Å². The molecule has 0 aliphatic rings. The molecule has 1 aromatic carbocycles. The van der Waals surface area contributed by atoms with E-state index in [0.29, 0.717) is 17.4 Å². The standard InChI is InChI=1S/C15H19N3O2/c1-5-16-15-17-10(2)8-12(18-15)11-6-7-13(19-3)14(9-11)20-4/h6-9H,5H2,1-4H3,(H,16,17,18). The molecule has 2 aromatic rings. The first kappa shape index (κ1) is 14.1. The molecule has 0 fully saturated rings. The Morgan fingerprint density at radius 1 is 1.05 bits per heavy atom. The molecule has 2 rings (SSSR count). The third kappa shape index (κ3) is 2.99. The van der Waals surface area contributed by atoms with Crippen LogP contribution in [0.4, 0.5) is 5.95 Å². The van der Waals surface area contributed by atoms with Crippen molar-refractivity contribution in [3.8, 4) is 22.8 Å². The molecule has 0 radical (unpaired) electrons. The van der Waals surface area contributed by atoms with Crippen LogP contribution in [0.2, 0.25) is 0 Å². The normalized spacial score (nSPS) is 10.2.